The van der Waals surface area contributed by atoms with Gasteiger partial charge in [0.05, 0.1) is 18.0 Å². The maximum absolute atomic E-state index is 12.7. The van der Waals surface area contributed by atoms with Crippen LogP contribution >= 0.6 is 11.3 Å². The number of nitrogens with one attached hydrogen (secondary N) is 2. The highest BCUT2D eigenvalue weighted by Gasteiger charge is 2.21. The Bertz CT molecular complexity index is 1080. The topological polar surface area (TPSA) is 84.5 Å². The molecule has 3 rings (SSSR count). The lowest BCUT2D eigenvalue weighted by Gasteiger charge is -2.21. The summed E-state index contributed by atoms with van der Waals surface area (Å²) in [5.41, 5.74) is 0.828. The zero-order valence-electron chi connectivity index (χ0n) is 17.0. The van der Waals surface area contributed by atoms with E-state index in [1.54, 1.807) is 42.7 Å². The fourth-order valence-corrected chi connectivity index (χ4v) is 4.93. The number of rotatable bonds is 8. The second-order valence-corrected chi connectivity index (χ2v) is 9.73. The Kier molecular flexibility index (Phi) is 6.79. The minimum Gasteiger partial charge on any atom is -0.497 e. The van der Waals surface area contributed by atoms with E-state index in [2.05, 4.69) is 10.0 Å². The van der Waals surface area contributed by atoms with Gasteiger partial charge in [0, 0.05) is 16.1 Å². The lowest BCUT2D eigenvalue weighted by atomic mass is 10.0. The van der Waals surface area contributed by atoms with Gasteiger partial charge < -0.3 is 10.1 Å². The van der Waals surface area contributed by atoms with E-state index >= 15 is 0 Å². The van der Waals surface area contributed by atoms with Gasteiger partial charge in [-0.3, -0.25) is 9.52 Å². The summed E-state index contributed by atoms with van der Waals surface area (Å²) in [5, 5.41) is 5.02. The molecule has 1 unspecified atom stereocenters. The van der Waals surface area contributed by atoms with Gasteiger partial charge in [-0.15, -0.1) is 11.3 Å². The van der Waals surface area contributed by atoms with Crippen LogP contribution in [0.1, 0.15) is 35.1 Å². The second kappa shape index (κ2) is 9.32. The fraction of sp³-hybridized carbons (Fsp3) is 0.227. The summed E-state index contributed by atoms with van der Waals surface area (Å²) in [7, 11) is -2.23. The quantitative estimate of drug-likeness (QED) is 0.528. The summed E-state index contributed by atoms with van der Waals surface area (Å²) < 4.78 is 32.8. The summed E-state index contributed by atoms with van der Waals surface area (Å²) in [6.45, 7) is 4.09. The molecule has 0 saturated carbocycles. The third kappa shape index (κ3) is 5.20. The number of sulfonamides is 1. The van der Waals surface area contributed by atoms with Crippen molar-refractivity contribution in [3.63, 3.8) is 0 Å². The van der Waals surface area contributed by atoms with E-state index in [9.17, 15) is 13.2 Å². The minimum absolute atomic E-state index is 0.0773. The van der Waals surface area contributed by atoms with Crippen molar-refractivity contribution in [3.8, 4) is 5.75 Å². The van der Waals surface area contributed by atoms with Crippen LogP contribution in [0.4, 0.5) is 5.69 Å². The molecule has 2 N–H and O–H groups in total. The summed E-state index contributed by atoms with van der Waals surface area (Å²) in [5.74, 6) is 0.616. The molecule has 0 aliphatic rings. The molecule has 0 bridgehead atoms. The highest BCUT2D eigenvalue weighted by Crippen LogP contribution is 2.26. The number of hydrogen-bond acceptors (Lipinski definition) is 5. The Hall–Kier alpha value is -2.84. The molecule has 0 aliphatic heterocycles. The highest BCUT2D eigenvalue weighted by atomic mass is 32.2. The highest BCUT2D eigenvalue weighted by molar-refractivity contribution is 7.92. The van der Waals surface area contributed by atoms with Gasteiger partial charge in [0.15, 0.2) is 0 Å². The maximum Gasteiger partial charge on any atom is 0.261 e. The van der Waals surface area contributed by atoms with Gasteiger partial charge in [-0.25, -0.2) is 8.42 Å². The number of thiophene rings is 1. The van der Waals surface area contributed by atoms with Crippen LogP contribution in [0.15, 0.2) is 70.9 Å². The zero-order valence-corrected chi connectivity index (χ0v) is 18.6. The monoisotopic (exact) mass is 444 g/mol. The summed E-state index contributed by atoms with van der Waals surface area (Å²) >= 11 is 1.60. The van der Waals surface area contributed by atoms with Crippen LogP contribution in [0.2, 0.25) is 0 Å². The first kappa shape index (κ1) is 21.9. The van der Waals surface area contributed by atoms with Crippen molar-refractivity contribution in [2.75, 3.05) is 11.8 Å². The van der Waals surface area contributed by atoms with E-state index in [1.807, 2.05) is 31.4 Å². The van der Waals surface area contributed by atoms with Crippen LogP contribution in [0.5, 0.6) is 5.75 Å². The van der Waals surface area contributed by atoms with Crippen molar-refractivity contribution < 1.29 is 17.9 Å². The van der Waals surface area contributed by atoms with Gasteiger partial charge in [-0.1, -0.05) is 19.9 Å². The summed E-state index contributed by atoms with van der Waals surface area (Å²) in [4.78, 5) is 13.8. The molecule has 1 heterocycles. The van der Waals surface area contributed by atoms with Crippen LogP contribution in [0, 0.1) is 5.92 Å². The van der Waals surface area contributed by atoms with E-state index < -0.39 is 10.0 Å². The molecule has 3 aromatic rings. The summed E-state index contributed by atoms with van der Waals surface area (Å²) in [6.07, 6.45) is 0. The predicted molar refractivity (Wildman–Crippen MR) is 120 cm³/mol. The van der Waals surface area contributed by atoms with Gasteiger partial charge >= 0.3 is 0 Å². The zero-order chi connectivity index (χ0) is 21.7. The van der Waals surface area contributed by atoms with Crippen molar-refractivity contribution in [2.45, 2.75) is 24.8 Å². The van der Waals surface area contributed by atoms with Crippen molar-refractivity contribution in [2.24, 2.45) is 5.92 Å². The molecule has 0 saturated heterocycles. The third-order valence-electron chi connectivity index (χ3n) is 4.57. The average molecular weight is 445 g/mol. The van der Waals surface area contributed by atoms with Gasteiger partial charge in [-0.05, 0) is 65.9 Å². The van der Waals surface area contributed by atoms with E-state index in [0.29, 0.717) is 17.0 Å². The van der Waals surface area contributed by atoms with E-state index in [1.165, 1.54) is 24.3 Å². The number of ether oxygens (including phenoxy) is 1. The Balaban J connectivity index is 1.72. The first-order valence-electron chi connectivity index (χ1n) is 9.41. The normalized spacial score (nSPS) is 12.4. The molecule has 0 spiro atoms. The molecule has 30 heavy (non-hydrogen) atoms. The second-order valence-electron chi connectivity index (χ2n) is 7.07. The smallest absolute Gasteiger partial charge is 0.261 e. The standard InChI is InChI=1S/C22H24N2O4S2/c1-15(2)21(20-5-4-14-29-20)23-22(25)16-6-12-19(13-7-16)30(26,27)24-17-8-10-18(28-3)11-9-17/h4-15,21,24H,1-3H3,(H,23,25). The number of anilines is 1. The number of benzene rings is 2. The molecule has 8 heteroatoms. The van der Waals surface area contributed by atoms with Crippen LogP contribution in [0.3, 0.4) is 0 Å². The first-order valence-corrected chi connectivity index (χ1v) is 11.8. The third-order valence-corrected chi connectivity index (χ3v) is 6.92. The largest absolute Gasteiger partial charge is 0.497 e. The van der Waals surface area contributed by atoms with Crippen LogP contribution < -0.4 is 14.8 Å². The SMILES string of the molecule is COc1ccc(NS(=O)(=O)c2ccc(C(=O)NC(c3cccs3)C(C)C)cc2)cc1. The number of methoxy groups -OCH3 is 1. The Morgan fingerprint density at radius 2 is 1.67 bits per heavy atom. The van der Waals surface area contributed by atoms with E-state index in [0.717, 1.165) is 4.88 Å². The molecule has 0 radical (unpaired) electrons. The molecule has 158 valence electrons. The number of hydrogen-bond donors (Lipinski definition) is 2. The number of carbonyl (C=O) groups is 1. The molecule has 1 amide bonds. The molecule has 6 nitrogen and oxygen atoms in total. The van der Waals surface area contributed by atoms with Crippen molar-refractivity contribution in [1.82, 2.24) is 5.32 Å². The Morgan fingerprint density at radius 3 is 2.20 bits per heavy atom. The van der Waals surface area contributed by atoms with E-state index in [4.69, 9.17) is 4.74 Å². The van der Waals surface area contributed by atoms with Crippen LogP contribution in [0.25, 0.3) is 0 Å². The molecule has 1 atom stereocenters. The van der Waals surface area contributed by atoms with Gasteiger partial charge in [0.1, 0.15) is 5.75 Å². The number of carbonyl (C=O) groups excluding carboxylic acids is 1. The van der Waals surface area contributed by atoms with Crippen molar-refractivity contribution in [1.29, 1.82) is 0 Å². The lowest BCUT2D eigenvalue weighted by molar-refractivity contribution is 0.0926. The van der Waals surface area contributed by atoms with Gasteiger partial charge in [0.2, 0.25) is 0 Å². The summed E-state index contributed by atoms with van der Waals surface area (Å²) in [6, 6.07) is 16.3. The van der Waals surface area contributed by atoms with Gasteiger partial charge in [0.25, 0.3) is 15.9 Å². The fourth-order valence-electron chi connectivity index (χ4n) is 2.92. The Labute approximate surface area is 181 Å². The molecular weight excluding hydrogens is 420 g/mol. The molecule has 0 aliphatic carbocycles. The van der Waals surface area contributed by atoms with Crippen LogP contribution in [-0.2, 0) is 10.0 Å². The van der Waals surface area contributed by atoms with Crippen molar-refractivity contribution in [3.05, 3.63) is 76.5 Å². The van der Waals surface area contributed by atoms with E-state index in [-0.39, 0.29) is 22.8 Å². The van der Waals surface area contributed by atoms with Crippen LogP contribution in [-0.4, -0.2) is 21.4 Å². The first-order chi connectivity index (χ1) is 14.3. The lowest BCUT2D eigenvalue weighted by Crippen LogP contribution is -2.31. The molecule has 0 fully saturated rings. The predicted octanol–water partition coefficient (Wildman–Crippen LogP) is 4.68. The van der Waals surface area contributed by atoms with Crippen molar-refractivity contribution >= 4 is 33.0 Å². The minimum atomic E-state index is -3.77. The molecule has 1 aromatic heterocycles. The Morgan fingerprint density at radius 1 is 1.00 bits per heavy atom. The van der Waals surface area contributed by atoms with Gasteiger partial charge in [-0.2, -0.15) is 0 Å². The number of amides is 1. The molecular formula is C22H24N2O4S2. The molecule has 2 aromatic carbocycles. The average Bonchev–Trinajstić information content (AvgIpc) is 3.26. The maximum atomic E-state index is 12.7.